The Balaban J connectivity index is 2.48. The van der Waals surface area contributed by atoms with Gasteiger partial charge < -0.3 is 0 Å². The van der Waals surface area contributed by atoms with Crippen LogP contribution in [0.5, 0.6) is 0 Å². The molecule has 0 fully saturated rings. The molecule has 2 nitrogen and oxygen atoms in total. The molecule has 0 radical (unpaired) electrons. The van der Waals surface area contributed by atoms with E-state index in [1.165, 1.54) is 11.1 Å². The van der Waals surface area contributed by atoms with Crippen molar-refractivity contribution in [1.82, 2.24) is 4.90 Å². The number of rotatable bonds is 6. The minimum Gasteiger partial charge on any atom is -0.288 e. The van der Waals surface area contributed by atoms with Gasteiger partial charge >= 0.3 is 0 Å². The summed E-state index contributed by atoms with van der Waals surface area (Å²) in [6.07, 6.45) is 0. The molecule has 0 aromatic heterocycles. The van der Waals surface area contributed by atoms with Crippen LogP contribution in [0.2, 0.25) is 0 Å². The van der Waals surface area contributed by atoms with Crippen LogP contribution in [-0.4, -0.2) is 24.0 Å². The fraction of sp³-hybridized carbons (Fsp3) is 0.316. The molecule has 2 aromatic carbocycles. The van der Waals surface area contributed by atoms with Crippen molar-refractivity contribution in [3.05, 3.63) is 71.8 Å². The van der Waals surface area contributed by atoms with E-state index < -0.39 is 0 Å². The lowest BCUT2D eigenvalue weighted by molar-refractivity contribution is 0.242. The molecule has 0 N–H and O–H groups in total. The van der Waals surface area contributed by atoms with Crippen LogP contribution in [-0.2, 0) is 0 Å². The highest BCUT2D eigenvalue weighted by molar-refractivity contribution is 5.36. The summed E-state index contributed by atoms with van der Waals surface area (Å²) in [5.74, 6) is 0.0808. The summed E-state index contributed by atoms with van der Waals surface area (Å²) in [4.78, 5) is 2.23. The lowest BCUT2D eigenvalue weighted by atomic mass is 9.85. The van der Waals surface area contributed by atoms with Crippen LogP contribution in [0, 0.1) is 11.3 Å². The third-order valence-electron chi connectivity index (χ3n) is 3.97. The quantitative estimate of drug-likeness (QED) is 0.797. The zero-order chi connectivity index (χ0) is 15.1. The minimum absolute atomic E-state index is 0.0808. The van der Waals surface area contributed by atoms with Gasteiger partial charge in [-0.3, -0.25) is 4.90 Å². The van der Waals surface area contributed by atoms with E-state index in [0.717, 1.165) is 13.1 Å². The monoisotopic (exact) mass is 278 g/mol. The summed E-state index contributed by atoms with van der Waals surface area (Å²) in [5.41, 5.74) is 2.39. The molecule has 0 saturated heterocycles. The Morgan fingerprint density at radius 3 is 1.62 bits per heavy atom. The Labute approximate surface area is 127 Å². The van der Waals surface area contributed by atoms with Crippen LogP contribution in [0.1, 0.15) is 30.9 Å². The van der Waals surface area contributed by atoms with Gasteiger partial charge in [-0.15, -0.1) is 0 Å². The highest BCUT2D eigenvalue weighted by Crippen LogP contribution is 2.30. The highest BCUT2D eigenvalue weighted by Gasteiger charge is 2.28. The van der Waals surface area contributed by atoms with Gasteiger partial charge in [0.05, 0.1) is 6.07 Å². The lowest BCUT2D eigenvalue weighted by Gasteiger charge is -2.31. The number of benzene rings is 2. The molecule has 0 bridgehead atoms. The van der Waals surface area contributed by atoms with E-state index in [1.807, 2.05) is 36.4 Å². The molecule has 0 heterocycles. The summed E-state index contributed by atoms with van der Waals surface area (Å²) >= 11 is 0. The fourth-order valence-electron chi connectivity index (χ4n) is 2.86. The molecule has 2 heteroatoms. The zero-order valence-corrected chi connectivity index (χ0v) is 12.7. The third-order valence-corrected chi connectivity index (χ3v) is 3.97. The van der Waals surface area contributed by atoms with Crippen molar-refractivity contribution in [1.29, 1.82) is 5.26 Å². The van der Waals surface area contributed by atoms with Crippen LogP contribution in [0.4, 0.5) is 0 Å². The molecule has 0 amide bonds. The van der Waals surface area contributed by atoms with E-state index in [4.69, 9.17) is 0 Å². The van der Waals surface area contributed by atoms with Crippen molar-refractivity contribution in [2.45, 2.75) is 25.8 Å². The first-order valence-corrected chi connectivity index (χ1v) is 7.55. The molecule has 1 atom stereocenters. The van der Waals surface area contributed by atoms with Gasteiger partial charge in [0.15, 0.2) is 0 Å². The Bertz CT molecular complexity index is 528. The van der Waals surface area contributed by atoms with Crippen molar-refractivity contribution in [2.75, 3.05) is 13.1 Å². The van der Waals surface area contributed by atoms with Gasteiger partial charge in [0, 0.05) is 5.92 Å². The number of hydrogen-bond acceptors (Lipinski definition) is 2. The Morgan fingerprint density at radius 2 is 1.29 bits per heavy atom. The predicted molar refractivity (Wildman–Crippen MR) is 87.0 cm³/mol. The molecule has 0 spiro atoms. The van der Waals surface area contributed by atoms with Crippen LogP contribution < -0.4 is 0 Å². The zero-order valence-electron chi connectivity index (χ0n) is 12.7. The summed E-state index contributed by atoms with van der Waals surface area (Å²) in [7, 11) is 0. The van der Waals surface area contributed by atoms with Crippen LogP contribution >= 0.6 is 0 Å². The molecule has 108 valence electrons. The largest absolute Gasteiger partial charge is 0.288 e. The maximum absolute atomic E-state index is 9.76. The van der Waals surface area contributed by atoms with Gasteiger partial charge in [0.2, 0.25) is 0 Å². The Morgan fingerprint density at radius 1 is 0.857 bits per heavy atom. The summed E-state index contributed by atoms with van der Waals surface area (Å²) in [6.45, 7) is 5.98. The number of nitriles is 1. The fourth-order valence-corrected chi connectivity index (χ4v) is 2.86. The van der Waals surface area contributed by atoms with E-state index in [1.54, 1.807) is 0 Å². The summed E-state index contributed by atoms with van der Waals surface area (Å²) in [6, 6.07) is 23.1. The van der Waals surface area contributed by atoms with E-state index >= 15 is 0 Å². The van der Waals surface area contributed by atoms with E-state index in [0.29, 0.717) is 0 Å². The summed E-state index contributed by atoms with van der Waals surface area (Å²) < 4.78 is 0. The van der Waals surface area contributed by atoms with Gasteiger partial charge in [-0.05, 0) is 24.2 Å². The Kier molecular flexibility index (Phi) is 5.54. The van der Waals surface area contributed by atoms with Crippen molar-refractivity contribution < 1.29 is 0 Å². The predicted octanol–water partition coefficient (Wildman–Crippen LogP) is 4.05. The maximum Gasteiger partial charge on any atom is 0.109 e. The third kappa shape index (κ3) is 3.51. The second-order valence-electron chi connectivity index (χ2n) is 5.09. The van der Waals surface area contributed by atoms with E-state index in [-0.39, 0.29) is 12.0 Å². The highest BCUT2D eigenvalue weighted by atomic mass is 15.1. The number of likely N-dealkylation sites (N-methyl/N-ethyl adjacent to an activating group) is 1. The molecular weight excluding hydrogens is 256 g/mol. The van der Waals surface area contributed by atoms with Crippen LogP contribution in [0.3, 0.4) is 0 Å². The first-order valence-electron chi connectivity index (χ1n) is 7.55. The molecule has 0 saturated carbocycles. The standard InChI is InChI=1S/C19H22N2/c1-3-21(4-2)18(15-20)19(16-11-7-5-8-12-16)17-13-9-6-10-14-17/h5-14,18-19H,3-4H2,1-2H3. The van der Waals surface area contributed by atoms with Crippen molar-refractivity contribution in [2.24, 2.45) is 0 Å². The molecule has 2 aromatic rings. The SMILES string of the molecule is CCN(CC)C(C#N)C(c1ccccc1)c1ccccc1. The van der Waals surface area contributed by atoms with Gasteiger partial charge in [-0.25, -0.2) is 0 Å². The van der Waals surface area contributed by atoms with Crippen LogP contribution in [0.25, 0.3) is 0 Å². The minimum atomic E-state index is -0.148. The van der Waals surface area contributed by atoms with Crippen LogP contribution in [0.15, 0.2) is 60.7 Å². The van der Waals surface area contributed by atoms with Crippen molar-refractivity contribution >= 4 is 0 Å². The summed E-state index contributed by atoms with van der Waals surface area (Å²) in [5, 5.41) is 9.76. The first-order chi connectivity index (χ1) is 10.3. The van der Waals surface area contributed by atoms with Gasteiger partial charge in [0.25, 0.3) is 0 Å². The second kappa shape index (κ2) is 7.61. The normalized spacial score (nSPS) is 12.3. The first kappa shape index (κ1) is 15.3. The molecule has 1 unspecified atom stereocenters. The molecule has 0 aliphatic rings. The average molecular weight is 278 g/mol. The maximum atomic E-state index is 9.76. The molecule has 21 heavy (non-hydrogen) atoms. The molecule has 0 aliphatic heterocycles. The van der Waals surface area contributed by atoms with E-state index in [9.17, 15) is 5.26 Å². The van der Waals surface area contributed by atoms with Gasteiger partial charge in [0.1, 0.15) is 6.04 Å². The molecular formula is C19H22N2. The van der Waals surface area contributed by atoms with Crippen molar-refractivity contribution in [3.8, 4) is 6.07 Å². The average Bonchev–Trinajstić information content (AvgIpc) is 2.56. The van der Waals surface area contributed by atoms with Crippen molar-refractivity contribution in [3.63, 3.8) is 0 Å². The molecule has 0 aliphatic carbocycles. The molecule has 2 rings (SSSR count). The van der Waals surface area contributed by atoms with E-state index in [2.05, 4.69) is 49.1 Å². The Hall–Kier alpha value is -2.11. The van der Waals surface area contributed by atoms with Gasteiger partial charge in [-0.2, -0.15) is 5.26 Å². The second-order valence-corrected chi connectivity index (χ2v) is 5.09. The number of hydrogen-bond donors (Lipinski definition) is 0. The smallest absolute Gasteiger partial charge is 0.109 e. The lowest BCUT2D eigenvalue weighted by Crippen LogP contribution is -2.39. The topological polar surface area (TPSA) is 27.0 Å². The number of nitrogens with zero attached hydrogens (tertiary/aromatic N) is 2. The van der Waals surface area contributed by atoms with Gasteiger partial charge in [-0.1, -0.05) is 74.5 Å².